The number of amides is 2. The van der Waals surface area contributed by atoms with Crippen LogP contribution in [0.25, 0.3) is 0 Å². The lowest BCUT2D eigenvalue weighted by Crippen LogP contribution is -2.38. The summed E-state index contributed by atoms with van der Waals surface area (Å²) in [6.45, 7) is 6.01. The maximum atomic E-state index is 12.7. The third-order valence-electron chi connectivity index (χ3n) is 4.54. The molecule has 1 heterocycles. The number of aromatic nitrogens is 2. The lowest BCUT2D eigenvalue weighted by molar-refractivity contribution is -0.117. The zero-order chi connectivity index (χ0) is 19.6. The molecule has 0 bridgehead atoms. The largest absolute Gasteiger partial charge is 0.349 e. The monoisotopic (exact) mass is 388 g/mol. The highest BCUT2D eigenvalue weighted by molar-refractivity contribution is 6.34. The van der Waals surface area contributed by atoms with E-state index < -0.39 is 0 Å². The molecule has 3 rings (SSSR count). The molecule has 2 amide bonds. The Morgan fingerprint density at radius 2 is 2.11 bits per heavy atom. The van der Waals surface area contributed by atoms with Crippen LogP contribution in [0.15, 0.2) is 24.4 Å². The molecule has 0 aliphatic heterocycles. The first kappa shape index (κ1) is 19.4. The van der Waals surface area contributed by atoms with E-state index in [2.05, 4.69) is 20.8 Å². The van der Waals surface area contributed by atoms with Gasteiger partial charge < -0.3 is 10.6 Å². The zero-order valence-electron chi connectivity index (χ0n) is 15.9. The molecule has 6 nitrogen and oxygen atoms in total. The van der Waals surface area contributed by atoms with Crippen molar-refractivity contribution < 1.29 is 9.59 Å². The normalized spacial score (nSPS) is 16.5. The second-order valence-electron chi connectivity index (χ2n) is 8.27. The lowest BCUT2D eigenvalue weighted by Gasteiger charge is -2.23. The highest BCUT2D eigenvalue weighted by atomic mass is 35.5. The molecule has 1 aromatic carbocycles. The van der Waals surface area contributed by atoms with Gasteiger partial charge in [-0.15, -0.1) is 0 Å². The van der Waals surface area contributed by atoms with E-state index in [1.165, 1.54) is 0 Å². The fourth-order valence-corrected chi connectivity index (χ4v) is 3.47. The van der Waals surface area contributed by atoms with Gasteiger partial charge in [0.1, 0.15) is 0 Å². The third-order valence-corrected chi connectivity index (χ3v) is 4.87. The quantitative estimate of drug-likeness (QED) is 0.745. The first-order chi connectivity index (χ1) is 12.7. The van der Waals surface area contributed by atoms with Gasteiger partial charge in [0.25, 0.3) is 5.91 Å². The molecule has 0 spiro atoms. The number of benzene rings is 1. The summed E-state index contributed by atoms with van der Waals surface area (Å²) in [4.78, 5) is 24.9. The Kier molecular flexibility index (Phi) is 5.56. The van der Waals surface area contributed by atoms with Crippen molar-refractivity contribution in [2.24, 2.45) is 5.41 Å². The number of fused-ring (bicyclic) bond motifs is 1. The van der Waals surface area contributed by atoms with Crippen molar-refractivity contribution in [1.29, 1.82) is 0 Å². The SMILES string of the molecule is CC(C)(C)CC(=O)Nc1ccc(Cl)c(C(=O)NC2CCc3[nH]ncc3C2)c1. The molecule has 3 N–H and O–H groups in total. The Morgan fingerprint density at radius 3 is 2.85 bits per heavy atom. The Morgan fingerprint density at radius 1 is 1.33 bits per heavy atom. The first-order valence-electron chi connectivity index (χ1n) is 9.13. The van der Waals surface area contributed by atoms with Crippen LogP contribution >= 0.6 is 11.6 Å². The number of nitrogens with zero attached hydrogens (tertiary/aromatic N) is 1. The molecule has 1 atom stereocenters. The summed E-state index contributed by atoms with van der Waals surface area (Å²) in [6.07, 6.45) is 4.66. The van der Waals surface area contributed by atoms with Crippen LogP contribution in [0.5, 0.6) is 0 Å². The van der Waals surface area contributed by atoms with Gasteiger partial charge in [0.2, 0.25) is 5.91 Å². The minimum Gasteiger partial charge on any atom is -0.349 e. The standard InChI is InChI=1S/C20H25ClN4O2/c1-20(2,3)10-18(26)23-14-4-6-16(21)15(9-14)19(27)24-13-5-7-17-12(8-13)11-22-25-17/h4,6,9,11,13H,5,7-8,10H2,1-3H3,(H,22,25)(H,23,26)(H,24,27). The Bertz CT molecular complexity index is 854. The molecule has 27 heavy (non-hydrogen) atoms. The van der Waals surface area contributed by atoms with E-state index in [4.69, 9.17) is 11.6 Å². The molecular weight excluding hydrogens is 364 g/mol. The Hall–Kier alpha value is -2.34. The number of nitrogens with one attached hydrogen (secondary N) is 3. The van der Waals surface area contributed by atoms with Gasteiger partial charge >= 0.3 is 0 Å². The van der Waals surface area contributed by atoms with E-state index in [1.807, 2.05) is 27.0 Å². The molecule has 0 fully saturated rings. The van der Waals surface area contributed by atoms with Crippen LogP contribution in [-0.4, -0.2) is 28.1 Å². The van der Waals surface area contributed by atoms with Gasteiger partial charge in [0.15, 0.2) is 0 Å². The van der Waals surface area contributed by atoms with Crippen molar-refractivity contribution >= 4 is 29.1 Å². The van der Waals surface area contributed by atoms with Gasteiger partial charge in [-0.1, -0.05) is 32.4 Å². The van der Waals surface area contributed by atoms with Crippen molar-refractivity contribution in [1.82, 2.24) is 15.5 Å². The molecule has 0 saturated carbocycles. The molecule has 1 aliphatic carbocycles. The molecule has 1 aliphatic rings. The summed E-state index contributed by atoms with van der Waals surface area (Å²) in [5.41, 5.74) is 3.11. The van der Waals surface area contributed by atoms with E-state index in [0.29, 0.717) is 22.7 Å². The summed E-state index contributed by atoms with van der Waals surface area (Å²) in [5, 5.41) is 13.3. The number of halogens is 1. The molecular formula is C20H25ClN4O2. The first-order valence-corrected chi connectivity index (χ1v) is 9.50. The van der Waals surface area contributed by atoms with E-state index in [1.54, 1.807) is 18.2 Å². The summed E-state index contributed by atoms with van der Waals surface area (Å²) in [7, 11) is 0. The van der Waals surface area contributed by atoms with Crippen LogP contribution in [0.1, 0.15) is 55.2 Å². The van der Waals surface area contributed by atoms with Crippen LogP contribution in [0.2, 0.25) is 5.02 Å². The van der Waals surface area contributed by atoms with Crippen molar-refractivity contribution in [3.05, 3.63) is 46.2 Å². The number of carbonyl (C=O) groups excluding carboxylic acids is 2. The fraction of sp³-hybridized carbons (Fsp3) is 0.450. The number of carbonyl (C=O) groups is 2. The molecule has 1 unspecified atom stereocenters. The predicted molar refractivity (Wildman–Crippen MR) is 106 cm³/mol. The van der Waals surface area contributed by atoms with E-state index in [0.717, 1.165) is 30.5 Å². The van der Waals surface area contributed by atoms with Gasteiger partial charge in [0.05, 0.1) is 16.8 Å². The molecule has 0 saturated heterocycles. The maximum absolute atomic E-state index is 12.7. The van der Waals surface area contributed by atoms with Crippen LogP contribution < -0.4 is 10.6 Å². The van der Waals surface area contributed by atoms with Crippen molar-refractivity contribution in [2.45, 2.75) is 52.5 Å². The molecule has 144 valence electrons. The number of anilines is 1. The number of hydrogen-bond acceptors (Lipinski definition) is 3. The molecule has 0 radical (unpaired) electrons. The number of aromatic amines is 1. The highest BCUT2D eigenvalue weighted by Crippen LogP contribution is 2.24. The number of rotatable bonds is 4. The zero-order valence-corrected chi connectivity index (χ0v) is 16.6. The second-order valence-corrected chi connectivity index (χ2v) is 8.67. The van der Waals surface area contributed by atoms with Gasteiger partial charge in [-0.3, -0.25) is 14.7 Å². The summed E-state index contributed by atoms with van der Waals surface area (Å²) >= 11 is 6.23. The topological polar surface area (TPSA) is 86.9 Å². The van der Waals surface area contributed by atoms with Gasteiger partial charge in [-0.25, -0.2) is 0 Å². The van der Waals surface area contributed by atoms with Gasteiger partial charge in [-0.05, 0) is 48.4 Å². The number of hydrogen-bond donors (Lipinski definition) is 3. The van der Waals surface area contributed by atoms with E-state index >= 15 is 0 Å². The minimum atomic E-state index is -0.233. The fourth-order valence-electron chi connectivity index (χ4n) is 3.27. The average Bonchev–Trinajstić information content (AvgIpc) is 3.02. The summed E-state index contributed by atoms with van der Waals surface area (Å²) in [5.74, 6) is -0.320. The van der Waals surface area contributed by atoms with Gasteiger partial charge in [-0.2, -0.15) is 5.10 Å². The van der Waals surface area contributed by atoms with Crippen molar-refractivity contribution in [2.75, 3.05) is 5.32 Å². The smallest absolute Gasteiger partial charge is 0.253 e. The van der Waals surface area contributed by atoms with Gasteiger partial charge in [0, 0.05) is 23.8 Å². The minimum absolute atomic E-state index is 0.0396. The van der Waals surface area contributed by atoms with Crippen LogP contribution in [-0.2, 0) is 17.6 Å². The number of H-pyrrole nitrogens is 1. The Balaban J connectivity index is 1.67. The van der Waals surface area contributed by atoms with E-state index in [9.17, 15) is 9.59 Å². The highest BCUT2D eigenvalue weighted by Gasteiger charge is 2.23. The van der Waals surface area contributed by atoms with Crippen LogP contribution in [0, 0.1) is 5.41 Å². The van der Waals surface area contributed by atoms with Crippen molar-refractivity contribution in [3.63, 3.8) is 0 Å². The predicted octanol–water partition coefficient (Wildman–Crippen LogP) is 3.73. The molecule has 2 aromatic rings. The van der Waals surface area contributed by atoms with E-state index in [-0.39, 0.29) is 23.3 Å². The third kappa shape index (κ3) is 5.10. The molecule has 1 aromatic heterocycles. The second kappa shape index (κ2) is 7.72. The lowest BCUT2D eigenvalue weighted by atomic mass is 9.92. The summed E-state index contributed by atoms with van der Waals surface area (Å²) in [6, 6.07) is 5.01. The Labute approximate surface area is 164 Å². The average molecular weight is 389 g/mol. The van der Waals surface area contributed by atoms with Crippen molar-refractivity contribution in [3.8, 4) is 0 Å². The summed E-state index contributed by atoms with van der Waals surface area (Å²) < 4.78 is 0. The van der Waals surface area contributed by atoms with Crippen LogP contribution in [0.3, 0.4) is 0 Å². The molecule has 7 heteroatoms. The number of aryl methyl sites for hydroxylation is 1. The maximum Gasteiger partial charge on any atom is 0.253 e. The van der Waals surface area contributed by atoms with Crippen LogP contribution in [0.4, 0.5) is 5.69 Å².